The normalized spacial score (nSPS) is 25.3. The van der Waals surface area contributed by atoms with Gasteiger partial charge in [0.15, 0.2) is 0 Å². The number of hydrogen-bond donors (Lipinski definition) is 1. The summed E-state index contributed by atoms with van der Waals surface area (Å²) in [6.45, 7) is 0.0141. The molecule has 1 saturated heterocycles. The number of amides is 1. The highest BCUT2D eigenvalue weighted by Crippen LogP contribution is 2.33. The highest BCUT2D eigenvalue weighted by molar-refractivity contribution is 8.02. The van der Waals surface area contributed by atoms with Crippen molar-refractivity contribution in [2.75, 3.05) is 23.8 Å². The van der Waals surface area contributed by atoms with Gasteiger partial charge in [-0.3, -0.25) is 4.90 Å². The molecule has 0 radical (unpaired) electrons. The molecule has 0 saturated carbocycles. The molecule has 2 unspecified atom stereocenters. The van der Waals surface area contributed by atoms with Gasteiger partial charge < -0.3 is 9.84 Å². The number of benzene rings is 1. The van der Waals surface area contributed by atoms with E-state index in [0.717, 1.165) is 5.75 Å². The van der Waals surface area contributed by atoms with Crippen molar-refractivity contribution < 1.29 is 19.0 Å². The Bertz CT molecular complexity index is 563. The van der Waals surface area contributed by atoms with E-state index in [1.54, 1.807) is 23.9 Å². The van der Waals surface area contributed by atoms with Crippen molar-refractivity contribution in [3.63, 3.8) is 0 Å². The van der Waals surface area contributed by atoms with Gasteiger partial charge in [0.1, 0.15) is 11.9 Å². The second kappa shape index (κ2) is 5.46. The van der Waals surface area contributed by atoms with Crippen LogP contribution in [0, 0.1) is 5.82 Å². The zero-order chi connectivity index (χ0) is 14.1. The van der Waals surface area contributed by atoms with Crippen molar-refractivity contribution in [1.82, 2.24) is 0 Å². The molecule has 0 aromatic heterocycles. The molecule has 4 nitrogen and oxygen atoms in total. The second-order valence-electron chi connectivity index (χ2n) is 4.77. The minimum atomic E-state index is -0.549. The van der Waals surface area contributed by atoms with Crippen molar-refractivity contribution in [2.45, 2.75) is 12.0 Å². The number of cyclic esters (lactones) is 1. The van der Waals surface area contributed by atoms with Crippen molar-refractivity contribution in [3.8, 4) is 0 Å². The highest BCUT2D eigenvalue weighted by atomic mass is 32.2. The maximum atomic E-state index is 14.2. The maximum absolute atomic E-state index is 14.2. The fourth-order valence-electron chi connectivity index (χ4n) is 2.37. The van der Waals surface area contributed by atoms with Gasteiger partial charge in [0.25, 0.3) is 0 Å². The van der Waals surface area contributed by atoms with E-state index in [9.17, 15) is 9.18 Å². The van der Waals surface area contributed by atoms with Gasteiger partial charge in [-0.1, -0.05) is 12.1 Å². The van der Waals surface area contributed by atoms with Gasteiger partial charge in [-0.25, -0.2) is 9.18 Å². The number of anilines is 1. The summed E-state index contributed by atoms with van der Waals surface area (Å²) in [5.74, 6) is 0.610. The molecule has 3 rings (SSSR count). The summed E-state index contributed by atoms with van der Waals surface area (Å²) < 4.78 is 19.1. The van der Waals surface area contributed by atoms with Crippen LogP contribution in [0.5, 0.6) is 0 Å². The third-order valence-electron chi connectivity index (χ3n) is 3.46. The Morgan fingerprint density at radius 1 is 1.50 bits per heavy atom. The van der Waals surface area contributed by atoms with Crippen LogP contribution in [-0.2, 0) is 4.74 Å². The molecule has 1 aromatic rings. The van der Waals surface area contributed by atoms with Crippen LogP contribution in [0.15, 0.2) is 29.7 Å². The van der Waals surface area contributed by atoms with Gasteiger partial charge in [-0.15, -0.1) is 11.8 Å². The van der Waals surface area contributed by atoms with E-state index in [-0.39, 0.29) is 24.9 Å². The summed E-state index contributed by atoms with van der Waals surface area (Å²) >= 11 is 1.66. The summed E-state index contributed by atoms with van der Waals surface area (Å²) in [5, 5.41) is 11.0. The molecule has 0 aliphatic carbocycles. The predicted octanol–water partition coefficient (Wildman–Crippen LogP) is 2.49. The van der Waals surface area contributed by atoms with E-state index in [2.05, 4.69) is 0 Å². The first-order valence-corrected chi connectivity index (χ1v) is 7.40. The standard InChI is InChI=1S/C14H14FNO3S/c15-13-5-10(16-6-11(7-17)19-14(16)18)1-2-12(13)9-3-4-20-8-9/h1-5,9,11,17H,6-8H2. The fraction of sp³-hybridized carbons (Fsp3) is 0.357. The van der Waals surface area contributed by atoms with E-state index >= 15 is 0 Å². The third-order valence-corrected chi connectivity index (χ3v) is 4.36. The van der Waals surface area contributed by atoms with Gasteiger partial charge >= 0.3 is 6.09 Å². The molecule has 2 atom stereocenters. The lowest BCUT2D eigenvalue weighted by Crippen LogP contribution is -2.25. The number of carbonyl (C=O) groups excluding carboxylic acids is 1. The zero-order valence-corrected chi connectivity index (χ0v) is 11.5. The van der Waals surface area contributed by atoms with E-state index in [1.807, 2.05) is 11.5 Å². The molecule has 2 aliphatic rings. The Labute approximate surface area is 120 Å². The topological polar surface area (TPSA) is 49.8 Å². The van der Waals surface area contributed by atoms with E-state index in [4.69, 9.17) is 9.84 Å². The molecule has 0 spiro atoms. The maximum Gasteiger partial charge on any atom is 0.414 e. The molecular weight excluding hydrogens is 281 g/mol. The Morgan fingerprint density at radius 3 is 2.95 bits per heavy atom. The van der Waals surface area contributed by atoms with E-state index < -0.39 is 12.2 Å². The fourth-order valence-corrected chi connectivity index (χ4v) is 3.28. The Balaban J connectivity index is 1.83. The lowest BCUT2D eigenvalue weighted by Gasteiger charge is -2.15. The molecule has 1 aromatic carbocycles. The number of hydrogen-bond acceptors (Lipinski definition) is 4. The van der Waals surface area contributed by atoms with Crippen LogP contribution in [-0.4, -0.2) is 36.2 Å². The zero-order valence-electron chi connectivity index (χ0n) is 10.7. The largest absolute Gasteiger partial charge is 0.441 e. The monoisotopic (exact) mass is 295 g/mol. The molecule has 1 N–H and O–H groups in total. The first kappa shape index (κ1) is 13.5. The predicted molar refractivity (Wildman–Crippen MR) is 75.4 cm³/mol. The third kappa shape index (κ3) is 2.41. The molecule has 2 aliphatic heterocycles. The number of nitrogens with zero attached hydrogens (tertiary/aromatic N) is 1. The molecule has 2 heterocycles. The minimum Gasteiger partial charge on any atom is -0.441 e. The molecule has 1 amide bonds. The smallest absolute Gasteiger partial charge is 0.414 e. The van der Waals surface area contributed by atoms with Crippen LogP contribution in [0.25, 0.3) is 0 Å². The SMILES string of the molecule is O=C1OC(CO)CN1c1ccc(C2C=CSC2)c(F)c1. The van der Waals surface area contributed by atoms with Gasteiger partial charge in [0.05, 0.1) is 18.8 Å². The number of aliphatic hydroxyl groups is 1. The van der Waals surface area contributed by atoms with Crippen molar-refractivity contribution in [1.29, 1.82) is 0 Å². The van der Waals surface area contributed by atoms with E-state index in [1.165, 1.54) is 11.0 Å². The summed E-state index contributed by atoms with van der Waals surface area (Å²) in [5.41, 5.74) is 1.10. The van der Waals surface area contributed by atoms with Crippen molar-refractivity contribution >= 4 is 23.5 Å². The minimum absolute atomic E-state index is 0.0877. The average Bonchev–Trinajstić information content (AvgIpc) is 3.07. The average molecular weight is 295 g/mol. The Kier molecular flexibility index (Phi) is 3.67. The Morgan fingerprint density at radius 2 is 2.35 bits per heavy atom. The summed E-state index contributed by atoms with van der Waals surface area (Å²) in [7, 11) is 0. The number of aliphatic hydroxyl groups excluding tert-OH is 1. The summed E-state index contributed by atoms with van der Waals surface area (Å²) in [6, 6.07) is 4.79. The van der Waals surface area contributed by atoms with Crippen LogP contribution in [0.3, 0.4) is 0 Å². The number of allylic oxidation sites excluding steroid dienone is 1. The van der Waals surface area contributed by atoms with Gasteiger partial charge in [0.2, 0.25) is 0 Å². The Hall–Kier alpha value is -1.53. The number of ether oxygens (including phenoxy) is 1. The molecule has 6 heteroatoms. The van der Waals surface area contributed by atoms with Gasteiger partial charge in [-0.05, 0) is 23.1 Å². The lowest BCUT2D eigenvalue weighted by molar-refractivity contribution is 0.0963. The molecular formula is C14H14FNO3S. The van der Waals surface area contributed by atoms with Gasteiger partial charge in [0, 0.05) is 11.7 Å². The summed E-state index contributed by atoms with van der Waals surface area (Å²) in [4.78, 5) is 13.0. The molecule has 0 bridgehead atoms. The van der Waals surface area contributed by atoms with Crippen LogP contribution in [0.1, 0.15) is 11.5 Å². The number of rotatable bonds is 3. The van der Waals surface area contributed by atoms with Crippen LogP contribution < -0.4 is 4.90 Å². The van der Waals surface area contributed by atoms with Crippen molar-refractivity contribution in [3.05, 3.63) is 41.1 Å². The molecule has 106 valence electrons. The van der Waals surface area contributed by atoms with E-state index in [0.29, 0.717) is 11.3 Å². The number of thioether (sulfide) groups is 1. The highest BCUT2D eigenvalue weighted by Gasteiger charge is 2.32. The van der Waals surface area contributed by atoms with Crippen molar-refractivity contribution in [2.24, 2.45) is 0 Å². The molecule has 1 fully saturated rings. The van der Waals surface area contributed by atoms with Crippen LogP contribution in [0.2, 0.25) is 0 Å². The number of carbonyl (C=O) groups is 1. The quantitative estimate of drug-likeness (QED) is 0.931. The first-order valence-electron chi connectivity index (χ1n) is 6.36. The summed E-state index contributed by atoms with van der Waals surface area (Å²) in [6.07, 6.45) is 0.890. The second-order valence-corrected chi connectivity index (χ2v) is 5.71. The lowest BCUT2D eigenvalue weighted by atomic mass is 10.0. The van der Waals surface area contributed by atoms with Crippen LogP contribution in [0.4, 0.5) is 14.9 Å². The van der Waals surface area contributed by atoms with Crippen LogP contribution >= 0.6 is 11.8 Å². The van der Waals surface area contributed by atoms with Gasteiger partial charge in [-0.2, -0.15) is 0 Å². The number of halogens is 1. The first-order chi connectivity index (χ1) is 9.69. The molecule has 20 heavy (non-hydrogen) atoms.